The van der Waals surface area contributed by atoms with Gasteiger partial charge in [0.15, 0.2) is 0 Å². The lowest BCUT2D eigenvalue weighted by Crippen LogP contribution is -2.50. The number of ether oxygens (including phenoxy) is 2. The van der Waals surface area contributed by atoms with E-state index in [2.05, 4.69) is 17.0 Å². The predicted octanol–water partition coefficient (Wildman–Crippen LogP) is 6.01. The zero-order valence-electron chi connectivity index (χ0n) is 20.7. The molecule has 2 fully saturated rings. The predicted molar refractivity (Wildman–Crippen MR) is 138 cm³/mol. The molecule has 2 saturated heterocycles. The quantitative estimate of drug-likeness (QED) is 0.408. The van der Waals surface area contributed by atoms with Gasteiger partial charge in [0.2, 0.25) is 0 Å². The summed E-state index contributed by atoms with van der Waals surface area (Å²) in [4.78, 5) is 17.6. The fourth-order valence-electron chi connectivity index (χ4n) is 5.23. The third-order valence-electron chi connectivity index (χ3n) is 7.55. The highest BCUT2D eigenvalue weighted by molar-refractivity contribution is 5.70. The van der Waals surface area contributed by atoms with Gasteiger partial charge in [-0.3, -0.25) is 4.90 Å². The van der Waals surface area contributed by atoms with Gasteiger partial charge in [-0.05, 0) is 41.3 Å². The minimum Gasteiger partial charge on any atom is -0.438 e. The topological polar surface area (TPSA) is 42.0 Å². The molecule has 0 unspecified atom stereocenters. The summed E-state index contributed by atoms with van der Waals surface area (Å²) in [5.74, 6) is -0.246. The molecule has 5 rings (SSSR count). The monoisotopic (exact) mass is 488 g/mol. The molecule has 0 saturated carbocycles. The molecular formula is C30H33FN2O3. The molecule has 0 aliphatic carbocycles. The molecule has 0 radical (unpaired) electrons. The van der Waals surface area contributed by atoms with Gasteiger partial charge < -0.3 is 14.4 Å². The first-order valence-electron chi connectivity index (χ1n) is 12.8. The number of hydrogen-bond donors (Lipinski definition) is 0. The highest BCUT2D eigenvalue weighted by atomic mass is 19.1. The van der Waals surface area contributed by atoms with E-state index >= 15 is 0 Å². The maximum absolute atomic E-state index is 13.4. The Kier molecular flexibility index (Phi) is 7.35. The summed E-state index contributed by atoms with van der Waals surface area (Å²) >= 11 is 0. The molecule has 0 aromatic heterocycles. The van der Waals surface area contributed by atoms with Crippen LogP contribution in [0.3, 0.4) is 0 Å². The van der Waals surface area contributed by atoms with Gasteiger partial charge in [-0.15, -0.1) is 0 Å². The number of carbonyl (C=O) groups is 1. The molecule has 3 aromatic rings. The standard InChI is InChI=1S/C30H33FN2O3/c1-23(24-7-9-25(10-8-24)26-11-13-28(31)14-12-26)33-18-16-30(36-29(33)34,27-5-3-2-4-6-27)15-17-32-19-21-35-22-20-32/h2-14,23H,15-22H2,1H3/t23-,30+/m0/s1. The molecule has 0 spiro atoms. The van der Waals surface area contributed by atoms with Gasteiger partial charge in [0, 0.05) is 39.0 Å². The van der Waals surface area contributed by atoms with Crippen molar-refractivity contribution < 1.29 is 18.7 Å². The molecule has 2 aliphatic heterocycles. The third-order valence-corrected chi connectivity index (χ3v) is 7.55. The van der Waals surface area contributed by atoms with E-state index in [1.807, 2.05) is 54.3 Å². The van der Waals surface area contributed by atoms with Crippen LogP contribution in [0.4, 0.5) is 9.18 Å². The highest BCUT2D eigenvalue weighted by Crippen LogP contribution is 2.40. The first kappa shape index (κ1) is 24.5. The van der Waals surface area contributed by atoms with E-state index in [1.165, 1.54) is 12.1 Å². The second kappa shape index (κ2) is 10.8. The van der Waals surface area contributed by atoms with Crippen molar-refractivity contribution in [3.63, 3.8) is 0 Å². The molecule has 6 heteroatoms. The van der Waals surface area contributed by atoms with Crippen LogP contribution < -0.4 is 0 Å². The molecule has 0 bridgehead atoms. The first-order valence-corrected chi connectivity index (χ1v) is 12.8. The van der Waals surface area contributed by atoms with E-state index in [0.29, 0.717) is 6.54 Å². The molecule has 36 heavy (non-hydrogen) atoms. The number of cyclic esters (lactones) is 1. The average Bonchev–Trinajstić information content (AvgIpc) is 2.93. The molecule has 2 atom stereocenters. The van der Waals surface area contributed by atoms with E-state index in [0.717, 1.165) is 67.9 Å². The summed E-state index contributed by atoms with van der Waals surface area (Å²) in [7, 11) is 0. The van der Waals surface area contributed by atoms with Crippen LogP contribution in [-0.2, 0) is 15.1 Å². The van der Waals surface area contributed by atoms with E-state index in [-0.39, 0.29) is 18.0 Å². The smallest absolute Gasteiger partial charge is 0.411 e. The SMILES string of the molecule is C[C@@H](c1ccc(-c2ccc(F)cc2)cc1)N1CC[C@](CCN2CCOCC2)(c2ccccc2)OC1=O. The lowest BCUT2D eigenvalue weighted by atomic mass is 9.85. The highest BCUT2D eigenvalue weighted by Gasteiger charge is 2.43. The van der Waals surface area contributed by atoms with E-state index < -0.39 is 5.60 Å². The Morgan fingerprint density at radius 3 is 2.17 bits per heavy atom. The Bertz CT molecular complexity index is 1150. The van der Waals surface area contributed by atoms with Crippen molar-refractivity contribution in [2.75, 3.05) is 39.4 Å². The Labute approximate surface area is 212 Å². The number of hydrogen-bond acceptors (Lipinski definition) is 4. The number of carbonyl (C=O) groups excluding carboxylic acids is 1. The van der Waals surface area contributed by atoms with Gasteiger partial charge in [0.05, 0.1) is 19.3 Å². The van der Waals surface area contributed by atoms with Gasteiger partial charge in [-0.2, -0.15) is 0 Å². The van der Waals surface area contributed by atoms with Gasteiger partial charge in [-0.1, -0.05) is 66.7 Å². The fourth-order valence-corrected chi connectivity index (χ4v) is 5.23. The minimum atomic E-state index is -0.626. The van der Waals surface area contributed by atoms with Crippen molar-refractivity contribution in [2.24, 2.45) is 0 Å². The van der Waals surface area contributed by atoms with E-state index in [1.54, 1.807) is 12.1 Å². The molecule has 2 heterocycles. The van der Waals surface area contributed by atoms with Crippen LogP contribution in [0.15, 0.2) is 78.9 Å². The molecule has 1 amide bonds. The van der Waals surface area contributed by atoms with Crippen LogP contribution >= 0.6 is 0 Å². The summed E-state index contributed by atoms with van der Waals surface area (Å²) in [5, 5.41) is 0. The summed E-state index contributed by atoms with van der Waals surface area (Å²) in [6, 6.07) is 24.6. The van der Waals surface area contributed by atoms with E-state index in [9.17, 15) is 9.18 Å². The molecule has 3 aromatic carbocycles. The minimum absolute atomic E-state index is 0.118. The summed E-state index contributed by atoms with van der Waals surface area (Å²) in [5.41, 5.74) is 3.44. The van der Waals surface area contributed by atoms with Gasteiger partial charge in [-0.25, -0.2) is 9.18 Å². The normalized spacial score (nSPS) is 21.7. The van der Waals surface area contributed by atoms with Crippen molar-refractivity contribution in [1.82, 2.24) is 9.80 Å². The second-order valence-corrected chi connectivity index (χ2v) is 9.68. The second-order valence-electron chi connectivity index (χ2n) is 9.68. The maximum Gasteiger partial charge on any atom is 0.411 e. The number of nitrogens with zero attached hydrogens (tertiary/aromatic N) is 2. The Morgan fingerprint density at radius 2 is 1.53 bits per heavy atom. The first-order chi connectivity index (χ1) is 17.5. The lowest BCUT2D eigenvalue weighted by Gasteiger charge is -2.44. The Balaban J connectivity index is 1.30. The van der Waals surface area contributed by atoms with Crippen LogP contribution in [0.2, 0.25) is 0 Å². The zero-order valence-corrected chi connectivity index (χ0v) is 20.7. The number of morpholine rings is 1. The lowest BCUT2D eigenvalue weighted by molar-refractivity contribution is -0.0726. The van der Waals surface area contributed by atoms with Crippen molar-refractivity contribution in [1.29, 1.82) is 0 Å². The number of amides is 1. The summed E-state index contributed by atoms with van der Waals surface area (Å²) < 4.78 is 25.1. The number of halogens is 1. The van der Waals surface area contributed by atoms with Crippen molar-refractivity contribution in [2.45, 2.75) is 31.4 Å². The van der Waals surface area contributed by atoms with E-state index in [4.69, 9.17) is 9.47 Å². The van der Waals surface area contributed by atoms with Gasteiger partial charge in [0.1, 0.15) is 11.4 Å². The Hall–Kier alpha value is -3.22. The van der Waals surface area contributed by atoms with Crippen LogP contribution in [0.5, 0.6) is 0 Å². The third kappa shape index (κ3) is 5.30. The molecule has 2 aliphatic rings. The molecule has 188 valence electrons. The van der Waals surface area contributed by atoms with Crippen LogP contribution in [0.1, 0.15) is 36.9 Å². The molecule has 5 nitrogen and oxygen atoms in total. The number of rotatable bonds is 7. The zero-order chi connectivity index (χ0) is 25.0. The fraction of sp³-hybridized carbons (Fsp3) is 0.367. The average molecular weight is 489 g/mol. The van der Waals surface area contributed by atoms with Crippen LogP contribution in [0.25, 0.3) is 11.1 Å². The van der Waals surface area contributed by atoms with Crippen LogP contribution in [-0.4, -0.2) is 55.3 Å². The van der Waals surface area contributed by atoms with Crippen molar-refractivity contribution in [3.05, 3.63) is 95.8 Å². The Morgan fingerprint density at radius 1 is 0.889 bits per heavy atom. The summed E-state index contributed by atoms with van der Waals surface area (Å²) in [6.07, 6.45) is 1.23. The summed E-state index contributed by atoms with van der Waals surface area (Å²) in [6.45, 7) is 6.86. The van der Waals surface area contributed by atoms with Crippen molar-refractivity contribution in [3.8, 4) is 11.1 Å². The van der Waals surface area contributed by atoms with Gasteiger partial charge >= 0.3 is 6.09 Å². The largest absolute Gasteiger partial charge is 0.438 e. The number of benzene rings is 3. The molecule has 0 N–H and O–H groups in total. The molecular weight excluding hydrogens is 455 g/mol. The van der Waals surface area contributed by atoms with Gasteiger partial charge in [0.25, 0.3) is 0 Å². The maximum atomic E-state index is 13.4. The van der Waals surface area contributed by atoms with Crippen LogP contribution in [0, 0.1) is 5.82 Å². The van der Waals surface area contributed by atoms with Crippen molar-refractivity contribution >= 4 is 6.09 Å².